The molecule has 0 bridgehead atoms. The standard InChI is InChI=1S/C10H9F4NO.ClH/c11-5-3-6(12)10(14)8(9(5)13)7-4-16-2-1-15-7;/h3,7,15H,1-2,4H2;1H/t7-;/m1./s1. The van der Waals surface area contributed by atoms with Gasteiger partial charge in [0.2, 0.25) is 0 Å². The second-order valence-electron chi connectivity index (χ2n) is 3.46. The fourth-order valence-corrected chi connectivity index (χ4v) is 1.65. The summed E-state index contributed by atoms with van der Waals surface area (Å²) in [6.45, 7) is 0.760. The summed E-state index contributed by atoms with van der Waals surface area (Å²) in [6, 6.07) is -0.670. The summed E-state index contributed by atoms with van der Waals surface area (Å²) in [4.78, 5) is 0. The Morgan fingerprint density at radius 2 is 1.71 bits per heavy atom. The van der Waals surface area contributed by atoms with Crippen LogP contribution in [0.3, 0.4) is 0 Å². The van der Waals surface area contributed by atoms with Gasteiger partial charge in [0.15, 0.2) is 23.3 Å². The van der Waals surface area contributed by atoms with E-state index in [1.165, 1.54) is 0 Å². The predicted molar refractivity (Wildman–Crippen MR) is 55.1 cm³/mol. The molecular weight excluding hydrogens is 262 g/mol. The van der Waals surface area contributed by atoms with E-state index < -0.39 is 34.9 Å². The average molecular weight is 272 g/mol. The van der Waals surface area contributed by atoms with Crippen molar-refractivity contribution in [1.82, 2.24) is 5.32 Å². The summed E-state index contributed by atoms with van der Waals surface area (Å²) in [5.41, 5.74) is -0.641. The summed E-state index contributed by atoms with van der Waals surface area (Å²) < 4.78 is 57.5. The van der Waals surface area contributed by atoms with Crippen molar-refractivity contribution in [3.05, 3.63) is 34.9 Å². The Morgan fingerprint density at radius 3 is 2.18 bits per heavy atom. The van der Waals surface area contributed by atoms with Gasteiger partial charge in [-0.2, -0.15) is 0 Å². The molecule has 0 saturated carbocycles. The molecule has 96 valence electrons. The monoisotopic (exact) mass is 271 g/mol. The van der Waals surface area contributed by atoms with E-state index in [4.69, 9.17) is 4.74 Å². The number of nitrogens with one attached hydrogen (secondary N) is 1. The molecule has 0 radical (unpaired) electrons. The molecule has 0 aromatic heterocycles. The molecule has 1 saturated heterocycles. The van der Waals surface area contributed by atoms with E-state index in [1.807, 2.05) is 0 Å². The van der Waals surface area contributed by atoms with E-state index in [2.05, 4.69) is 5.32 Å². The lowest BCUT2D eigenvalue weighted by Gasteiger charge is -2.24. The molecule has 1 heterocycles. The highest BCUT2D eigenvalue weighted by molar-refractivity contribution is 5.85. The molecule has 1 N–H and O–H groups in total. The van der Waals surface area contributed by atoms with Gasteiger partial charge in [-0.05, 0) is 0 Å². The Bertz CT molecular complexity index is 384. The third kappa shape index (κ3) is 2.70. The molecule has 1 aromatic carbocycles. The first-order valence-electron chi connectivity index (χ1n) is 4.75. The van der Waals surface area contributed by atoms with Crippen molar-refractivity contribution in [1.29, 1.82) is 0 Å². The van der Waals surface area contributed by atoms with Gasteiger partial charge < -0.3 is 10.1 Å². The Labute approximate surface area is 101 Å². The first-order valence-corrected chi connectivity index (χ1v) is 4.75. The third-order valence-corrected chi connectivity index (χ3v) is 2.42. The molecule has 7 heteroatoms. The lowest BCUT2D eigenvalue weighted by molar-refractivity contribution is 0.0740. The fourth-order valence-electron chi connectivity index (χ4n) is 1.65. The second-order valence-corrected chi connectivity index (χ2v) is 3.46. The van der Waals surface area contributed by atoms with Crippen molar-refractivity contribution in [2.75, 3.05) is 19.8 Å². The smallest absolute Gasteiger partial charge is 0.166 e. The Hall–Kier alpha value is -0.850. The molecule has 1 aromatic rings. The predicted octanol–water partition coefficient (Wildman–Crippen LogP) is 2.33. The minimum absolute atomic E-state index is 0. The van der Waals surface area contributed by atoms with Gasteiger partial charge in [-0.25, -0.2) is 17.6 Å². The first-order chi connectivity index (χ1) is 7.61. The van der Waals surface area contributed by atoms with Crippen LogP contribution in [0.2, 0.25) is 0 Å². The van der Waals surface area contributed by atoms with E-state index in [9.17, 15) is 17.6 Å². The Kier molecular flexibility index (Phi) is 4.73. The molecule has 1 fully saturated rings. The molecule has 1 aliphatic rings. The lowest BCUT2D eigenvalue weighted by atomic mass is 10.0. The lowest BCUT2D eigenvalue weighted by Crippen LogP contribution is -2.36. The molecule has 0 amide bonds. The Balaban J connectivity index is 0.00000144. The Morgan fingerprint density at radius 1 is 1.12 bits per heavy atom. The van der Waals surface area contributed by atoms with Crippen LogP contribution in [0.1, 0.15) is 11.6 Å². The topological polar surface area (TPSA) is 21.3 Å². The summed E-state index contributed by atoms with van der Waals surface area (Å²) in [5.74, 6) is -5.55. The number of morpholine rings is 1. The van der Waals surface area contributed by atoms with Gasteiger partial charge in [-0.1, -0.05) is 0 Å². The number of halogens is 5. The zero-order valence-corrected chi connectivity index (χ0v) is 9.42. The number of rotatable bonds is 1. The zero-order chi connectivity index (χ0) is 11.7. The van der Waals surface area contributed by atoms with Gasteiger partial charge >= 0.3 is 0 Å². The fraction of sp³-hybridized carbons (Fsp3) is 0.400. The highest BCUT2D eigenvalue weighted by atomic mass is 35.5. The molecule has 2 nitrogen and oxygen atoms in total. The summed E-state index contributed by atoms with van der Waals surface area (Å²) >= 11 is 0. The molecule has 1 atom stereocenters. The van der Waals surface area contributed by atoms with E-state index in [1.54, 1.807) is 0 Å². The molecule has 0 unspecified atom stereocenters. The minimum atomic E-state index is -1.40. The number of benzene rings is 1. The van der Waals surface area contributed by atoms with Crippen LogP contribution in [0.25, 0.3) is 0 Å². The number of ether oxygens (including phenoxy) is 1. The van der Waals surface area contributed by atoms with Gasteiger partial charge in [0.1, 0.15) is 0 Å². The van der Waals surface area contributed by atoms with Crippen LogP contribution in [0.5, 0.6) is 0 Å². The maximum Gasteiger partial charge on any atom is 0.166 e. The van der Waals surface area contributed by atoms with Crippen molar-refractivity contribution in [3.63, 3.8) is 0 Å². The average Bonchev–Trinajstić information content (AvgIpc) is 2.28. The van der Waals surface area contributed by atoms with Crippen LogP contribution < -0.4 is 5.32 Å². The van der Waals surface area contributed by atoms with Gasteiger partial charge in [0, 0.05) is 18.2 Å². The molecule has 0 aliphatic carbocycles. The zero-order valence-electron chi connectivity index (χ0n) is 8.60. The van der Waals surface area contributed by atoms with Crippen LogP contribution in [0.15, 0.2) is 6.07 Å². The van der Waals surface area contributed by atoms with E-state index in [-0.39, 0.29) is 25.1 Å². The van der Waals surface area contributed by atoms with E-state index >= 15 is 0 Å². The third-order valence-electron chi connectivity index (χ3n) is 2.42. The van der Waals surface area contributed by atoms with Crippen molar-refractivity contribution in [2.45, 2.75) is 6.04 Å². The first kappa shape index (κ1) is 14.2. The van der Waals surface area contributed by atoms with Crippen molar-refractivity contribution in [2.24, 2.45) is 0 Å². The molecule has 0 spiro atoms. The summed E-state index contributed by atoms with van der Waals surface area (Å²) in [5, 5.41) is 2.73. The van der Waals surface area contributed by atoms with Gasteiger partial charge in [-0.15, -0.1) is 12.4 Å². The van der Waals surface area contributed by atoms with Crippen LogP contribution >= 0.6 is 12.4 Å². The van der Waals surface area contributed by atoms with Crippen LogP contribution in [-0.4, -0.2) is 19.8 Å². The van der Waals surface area contributed by atoms with E-state index in [0.717, 1.165) is 0 Å². The molecular formula is C10H10ClF4NO. The molecule has 1 aliphatic heterocycles. The quantitative estimate of drug-likeness (QED) is 0.625. The molecule has 17 heavy (non-hydrogen) atoms. The van der Waals surface area contributed by atoms with Gasteiger partial charge in [0.25, 0.3) is 0 Å². The summed E-state index contributed by atoms with van der Waals surface area (Å²) in [7, 11) is 0. The highest BCUT2D eigenvalue weighted by Crippen LogP contribution is 2.26. The van der Waals surface area contributed by atoms with Crippen molar-refractivity contribution in [3.8, 4) is 0 Å². The van der Waals surface area contributed by atoms with Crippen LogP contribution in [-0.2, 0) is 4.74 Å². The van der Waals surface area contributed by atoms with Crippen LogP contribution in [0.4, 0.5) is 17.6 Å². The van der Waals surface area contributed by atoms with E-state index in [0.29, 0.717) is 13.2 Å². The summed E-state index contributed by atoms with van der Waals surface area (Å²) in [6.07, 6.45) is 0. The minimum Gasteiger partial charge on any atom is -0.378 e. The normalized spacial score (nSPS) is 19.9. The highest BCUT2D eigenvalue weighted by Gasteiger charge is 2.27. The van der Waals surface area contributed by atoms with Crippen molar-refractivity contribution >= 4 is 12.4 Å². The molecule has 2 rings (SSSR count). The maximum atomic E-state index is 13.3. The maximum absolute atomic E-state index is 13.3. The van der Waals surface area contributed by atoms with Crippen molar-refractivity contribution < 1.29 is 22.3 Å². The number of hydrogen-bond acceptors (Lipinski definition) is 2. The largest absolute Gasteiger partial charge is 0.378 e. The SMILES string of the molecule is Cl.Fc1cc(F)c(F)c([C@H]2COCCN2)c1F. The van der Waals surface area contributed by atoms with Crippen LogP contribution in [0, 0.1) is 23.3 Å². The van der Waals surface area contributed by atoms with Gasteiger partial charge in [-0.3, -0.25) is 0 Å². The van der Waals surface area contributed by atoms with Gasteiger partial charge in [0.05, 0.1) is 19.3 Å². The second kappa shape index (κ2) is 5.66. The number of hydrogen-bond donors (Lipinski definition) is 1.